The van der Waals surface area contributed by atoms with Gasteiger partial charge in [-0.15, -0.1) is 0 Å². The van der Waals surface area contributed by atoms with Crippen LogP contribution in [0.5, 0.6) is 0 Å². The van der Waals surface area contributed by atoms with Crippen LogP contribution in [0.25, 0.3) is 5.57 Å². The van der Waals surface area contributed by atoms with Gasteiger partial charge < -0.3 is 0 Å². The van der Waals surface area contributed by atoms with E-state index < -0.39 is 0 Å². The first-order chi connectivity index (χ1) is 11.9. The summed E-state index contributed by atoms with van der Waals surface area (Å²) in [6.07, 6.45) is 2.97. The Hall–Kier alpha value is -3.13. The monoisotopic (exact) mass is 310 g/mol. The van der Waals surface area contributed by atoms with Gasteiger partial charge in [-0.05, 0) is 28.8 Å². The first-order valence-corrected chi connectivity index (χ1v) is 8.13. The topological polar surface area (TPSA) is 15.6 Å². The van der Waals surface area contributed by atoms with Gasteiger partial charge in [-0.25, -0.2) is 5.01 Å². The van der Waals surface area contributed by atoms with Gasteiger partial charge in [0.05, 0.1) is 11.4 Å². The first kappa shape index (κ1) is 14.5. The average Bonchev–Trinajstić information content (AvgIpc) is 2.70. The fourth-order valence-electron chi connectivity index (χ4n) is 2.90. The molecule has 1 aliphatic heterocycles. The van der Waals surface area contributed by atoms with E-state index in [1.165, 1.54) is 16.7 Å². The zero-order valence-corrected chi connectivity index (χ0v) is 13.3. The lowest BCUT2D eigenvalue weighted by Gasteiger charge is -2.24. The second-order valence-electron chi connectivity index (χ2n) is 5.79. The lowest BCUT2D eigenvalue weighted by atomic mass is 9.96. The van der Waals surface area contributed by atoms with Crippen molar-refractivity contribution in [1.29, 1.82) is 0 Å². The molecule has 0 radical (unpaired) electrons. The van der Waals surface area contributed by atoms with Gasteiger partial charge in [-0.2, -0.15) is 5.10 Å². The molecule has 24 heavy (non-hydrogen) atoms. The Labute approximate surface area is 142 Å². The smallest absolute Gasteiger partial charge is 0.0730 e. The molecule has 0 fully saturated rings. The van der Waals surface area contributed by atoms with Crippen molar-refractivity contribution in [2.75, 3.05) is 5.01 Å². The molecular weight excluding hydrogens is 292 g/mol. The summed E-state index contributed by atoms with van der Waals surface area (Å²) in [5.41, 5.74) is 5.83. The Morgan fingerprint density at radius 2 is 1.17 bits per heavy atom. The number of nitrogens with zero attached hydrogens (tertiary/aromatic N) is 2. The van der Waals surface area contributed by atoms with E-state index in [-0.39, 0.29) is 0 Å². The van der Waals surface area contributed by atoms with Crippen LogP contribution in [0, 0.1) is 0 Å². The molecule has 3 aromatic rings. The predicted molar refractivity (Wildman–Crippen MR) is 101 cm³/mol. The molecule has 0 aliphatic carbocycles. The summed E-state index contributed by atoms with van der Waals surface area (Å²) >= 11 is 0. The third-order valence-corrected chi connectivity index (χ3v) is 4.14. The number of hydrogen-bond donors (Lipinski definition) is 0. The molecule has 4 rings (SSSR count). The highest BCUT2D eigenvalue weighted by atomic mass is 15.4. The summed E-state index contributed by atoms with van der Waals surface area (Å²) in [6.45, 7) is 0. The molecule has 0 atom stereocenters. The van der Waals surface area contributed by atoms with E-state index >= 15 is 0 Å². The zero-order chi connectivity index (χ0) is 16.2. The molecule has 3 aromatic carbocycles. The van der Waals surface area contributed by atoms with Gasteiger partial charge in [0, 0.05) is 12.6 Å². The van der Waals surface area contributed by atoms with Gasteiger partial charge in [0.1, 0.15) is 0 Å². The minimum atomic E-state index is 0.831. The van der Waals surface area contributed by atoms with Gasteiger partial charge in [0.25, 0.3) is 0 Å². The maximum absolute atomic E-state index is 4.87. The van der Waals surface area contributed by atoms with Crippen molar-refractivity contribution in [3.8, 4) is 0 Å². The normalized spacial score (nSPS) is 14.1. The highest BCUT2D eigenvalue weighted by molar-refractivity contribution is 6.08. The van der Waals surface area contributed by atoms with Gasteiger partial charge in [0.15, 0.2) is 0 Å². The van der Waals surface area contributed by atoms with Crippen LogP contribution in [0.2, 0.25) is 0 Å². The molecular formula is C22H18N2. The van der Waals surface area contributed by atoms with E-state index in [4.69, 9.17) is 5.10 Å². The molecule has 0 unspecified atom stereocenters. The average molecular weight is 310 g/mol. The number of hydrogen-bond acceptors (Lipinski definition) is 2. The van der Waals surface area contributed by atoms with Crippen molar-refractivity contribution in [3.63, 3.8) is 0 Å². The number of benzene rings is 3. The van der Waals surface area contributed by atoms with Crippen molar-refractivity contribution in [3.05, 3.63) is 108 Å². The molecule has 0 amide bonds. The van der Waals surface area contributed by atoms with E-state index in [0.717, 1.165) is 17.8 Å². The number of rotatable bonds is 3. The third-order valence-electron chi connectivity index (χ3n) is 4.14. The molecule has 0 aromatic heterocycles. The van der Waals surface area contributed by atoms with E-state index in [2.05, 4.69) is 66.9 Å². The van der Waals surface area contributed by atoms with Crippen molar-refractivity contribution < 1.29 is 0 Å². The van der Waals surface area contributed by atoms with Gasteiger partial charge in [-0.3, -0.25) is 0 Å². The number of hydrazone groups is 1. The molecule has 0 spiro atoms. The molecule has 2 heteroatoms. The van der Waals surface area contributed by atoms with E-state index in [1.807, 2.05) is 35.3 Å². The Morgan fingerprint density at radius 1 is 0.625 bits per heavy atom. The second-order valence-corrected chi connectivity index (χ2v) is 5.79. The molecule has 1 heterocycles. The largest absolute Gasteiger partial charge is 0.240 e. The van der Waals surface area contributed by atoms with Crippen molar-refractivity contribution in [2.24, 2.45) is 5.10 Å². The van der Waals surface area contributed by atoms with Crippen LogP contribution in [0.3, 0.4) is 0 Å². The van der Waals surface area contributed by atoms with Crippen LogP contribution in [-0.2, 0) is 0 Å². The standard InChI is InChI=1S/C22H18N2/c1-4-10-18(11-5-1)20-16-22(19-12-6-2-7-13-19)23-24(17-20)21-14-8-3-9-15-21/h1-15,17H,16H2. The molecule has 0 saturated carbocycles. The van der Waals surface area contributed by atoms with Crippen molar-refractivity contribution in [1.82, 2.24) is 0 Å². The van der Waals surface area contributed by atoms with Gasteiger partial charge in [-0.1, -0.05) is 78.9 Å². The van der Waals surface area contributed by atoms with E-state index in [0.29, 0.717) is 0 Å². The summed E-state index contributed by atoms with van der Waals surface area (Å²) in [4.78, 5) is 0. The lowest BCUT2D eigenvalue weighted by Crippen LogP contribution is -2.19. The summed E-state index contributed by atoms with van der Waals surface area (Å²) in [7, 11) is 0. The van der Waals surface area contributed by atoms with E-state index in [9.17, 15) is 0 Å². The highest BCUT2D eigenvalue weighted by Crippen LogP contribution is 2.28. The van der Waals surface area contributed by atoms with Crippen molar-refractivity contribution in [2.45, 2.75) is 6.42 Å². The van der Waals surface area contributed by atoms with Gasteiger partial charge >= 0.3 is 0 Å². The number of para-hydroxylation sites is 1. The minimum absolute atomic E-state index is 0.831. The second kappa shape index (κ2) is 6.55. The Balaban J connectivity index is 1.78. The van der Waals surface area contributed by atoms with Gasteiger partial charge in [0.2, 0.25) is 0 Å². The van der Waals surface area contributed by atoms with Crippen LogP contribution in [-0.4, -0.2) is 5.71 Å². The maximum atomic E-state index is 4.87. The maximum Gasteiger partial charge on any atom is 0.0730 e. The summed E-state index contributed by atoms with van der Waals surface area (Å²) in [5.74, 6) is 0. The van der Waals surface area contributed by atoms with Crippen LogP contribution in [0.15, 0.2) is 102 Å². The molecule has 0 saturated heterocycles. The molecule has 0 N–H and O–H groups in total. The fourth-order valence-corrected chi connectivity index (χ4v) is 2.90. The fraction of sp³-hybridized carbons (Fsp3) is 0.0455. The Kier molecular flexibility index (Phi) is 3.95. The Bertz CT molecular complexity index is 810. The minimum Gasteiger partial charge on any atom is -0.240 e. The number of anilines is 1. The van der Waals surface area contributed by atoms with E-state index in [1.54, 1.807) is 0 Å². The summed E-state index contributed by atoms with van der Waals surface area (Å²) in [6, 6.07) is 31.2. The zero-order valence-electron chi connectivity index (χ0n) is 13.3. The highest BCUT2D eigenvalue weighted by Gasteiger charge is 2.17. The predicted octanol–water partition coefficient (Wildman–Crippen LogP) is 5.34. The van der Waals surface area contributed by atoms with Crippen LogP contribution >= 0.6 is 0 Å². The van der Waals surface area contributed by atoms with Crippen LogP contribution < -0.4 is 5.01 Å². The lowest BCUT2D eigenvalue weighted by molar-refractivity contribution is 1.04. The Morgan fingerprint density at radius 3 is 1.79 bits per heavy atom. The third kappa shape index (κ3) is 2.99. The van der Waals surface area contributed by atoms with Crippen LogP contribution in [0.1, 0.15) is 17.5 Å². The number of allylic oxidation sites excluding steroid dienone is 1. The molecule has 0 bridgehead atoms. The summed E-state index contributed by atoms with van der Waals surface area (Å²) < 4.78 is 0. The quantitative estimate of drug-likeness (QED) is 0.637. The SMILES string of the molecule is C1=C(c2ccccc2)CC(c2ccccc2)=NN1c1ccccc1. The summed E-state index contributed by atoms with van der Waals surface area (Å²) in [5, 5.41) is 6.85. The molecule has 2 nitrogen and oxygen atoms in total. The first-order valence-electron chi connectivity index (χ1n) is 8.13. The molecule has 116 valence electrons. The van der Waals surface area contributed by atoms with Crippen LogP contribution in [0.4, 0.5) is 5.69 Å². The van der Waals surface area contributed by atoms with Crippen molar-refractivity contribution >= 4 is 17.0 Å². The molecule has 1 aliphatic rings.